The average molecular weight is 356 g/mol. The molecule has 0 heterocycles. The lowest BCUT2D eigenvalue weighted by Gasteiger charge is -2.13. The number of ether oxygens (including phenoxy) is 2. The second kappa shape index (κ2) is 7.45. The Labute approximate surface area is 151 Å². The van der Waals surface area contributed by atoms with Gasteiger partial charge in [0, 0.05) is 16.5 Å². The van der Waals surface area contributed by atoms with Gasteiger partial charge >= 0.3 is 0 Å². The number of carbonyl (C=O) groups is 1. The van der Waals surface area contributed by atoms with Crippen LogP contribution >= 0.6 is 11.6 Å². The van der Waals surface area contributed by atoms with Gasteiger partial charge in [-0.15, -0.1) is 0 Å². The largest absolute Gasteiger partial charge is 0.495 e. The molecule has 0 bridgehead atoms. The lowest BCUT2D eigenvalue weighted by atomic mass is 10.1. The van der Waals surface area contributed by atoms with Crippen LogP contribution in [-0.2, 0) is 4.79 Å². The van der Waals surface area contributed by atoms with E-state index in [9.17, 15) is 4.79 Å². The fourth-order valence-electron chi connectivity index (χ4n) is 2.58. The fourth-order valence-corrected chi connectivity index (χ4v) is 2.73. The number of hydrogen-bond acceptors (Lipinski definition) is 3. The molecule has 0 aliphatic rings. The summed E-state index contributed by atoms with van der Waals surface area (Å²) in [6, 6.07) is 17.1. The first-order chi connectivity index (χ1) is 12.1. The summed E-state index contributed by atoms with van der Waals surface area (Å²) >= 11 is 6.08. The van der Waals surface area contributed by atoms with Crippen LogP contribution in [0.5, 0.6) is 11.5 Å². The zero-order valence-electron chi connectivity index (χ0n) is 14.0. The van der Waals surface area contributed by atoms with Crippen LogP contribution in [0.2, 0.25) is 5.02 Å². The highest BCUT2D eigenvalue weighted by molar-refractivity contribution is 6.31. The predicted octanol–water partition coefficient (Wildman–Crippen LogP) is 4.83. The van der Waals surface area contributed by atoms with E-state index in [4.69, 9.17) is 21.1 Å². The SMILES string of the molecule is COc1cc(Cl)c(C)cc1NC(=O)COc1cccc2ccccc12. The summed E-state index contributed by atoms with van der Waals surface area (Å²) in [5.74, 6) is 0.912. The third kappa shape index (κ3) is 3.86. The molecule has 1 amide bonds. The second-order valence-corrected chi connectivity index (χ2v) is 6.02. The molecule has 3 aromatic carbocycles. The Morgan fingerprint density at radius 2 is 1.84 bits per heavy atom. The normalized spacial score (nSPS) is 10.5. The molecule has 0 spiro atoms. The molecule has 0 saturated heterocycles. The highest BCUT2D eigenvalue weighted by Gasteiger charge is 2.11. The lowest BCUT2D eigenvalue weighted by Crippen LogP contribution is -2.20. The first kappa shape index (κ1) is 17.1. The van der Waals surface area contributed by atoms with Gasteiger partial charge < -0.3 is 14.8 Å². The van der Waals surface area contributed by atoms with Crippen LogP contribution in [0.4, 0.5) is 5.69 Å². The summed E-state index contributed by atoms with van der Waals surface area (Å²) in [7, 11) is 1.53. The van der Waals surface area contributed by atoms with E-state index in [2.05, 4.69) is 5.32 Å². The Morgan fingerprint density at radius 3 is 2.64 bits per heavy atom. The Balaban J connectivity index is 1.72. The second-order valence-electron chi connectivity index (χ2n) is 5.62. The zero-order chi connectivity index (χ0) is 17.8. The van der Waals surface area contributed by atoms with E-state index in [0.29, 0.717) is 22.2 Å². The molecular formula is C20H18ClNO3. The van der Waals surface area contributed by atoms with Crippen molar-refractivity contribution in [1.29, 1.82) is 0 Å². The van der Waals surface area contributed by atoms with Gasteiger partial charge in [-0.2, -0.15) is 0 Å². The molecule has 4 nitrogen and oxygen atoms in total. The number of nitrogens with one attached hydrogen (secondary N) is 1. The number of benzene rings is 3. The zero-order valence-corrected chi connectivity index (χ0v) is 14.8. The van der Waals surface area contributed by atoms with Gasteiger partial charge in [-0.3, -0.25) is 4.79 Å². The van der Waals surface area contributed by atoms with E-state index in [-0.39, 0.29) is 12.5 Å². The summed E-state index contributed by atoms with van der Waals surface area (Å²) in [6.07, 6.45) is 0. The molecule has 1 N–H and O–H groups in total. The molecule has 128 valence electrons. The van der Waals surface area contributed by atoms with Crippen LogP contribution in [0.25, 0.3) is 10.8 Å². The minimum atomic E-state index is -0.270. The number of carbonyl (C=O) groups excluding carboxylic acids is 1. The number of rotatable bonds is 5. The first-order valence-corrected chi connectivity index (χ1v) is 8.21. The van der Waals surface area contributed by atoms with Gasteiger partial charge in [-0.05, 0) is 30.0 Å². The summed E-state index contributed by atoms with van der Waals surface area (Å²) < 4.78 is 11.0. The van der Waals surface area contributed by atoms with Crippen LogP contribution in [0.3, 0.4) is 0 Å². The maximum atomic E-state index is 12.3. The van der Waals surface area contributed by atoms with Crippen LogP contribution in [0, 0.1) is 6.92 Å². The third-order valence-corrected chi connectivity index (χ3v) is 4.27. The quantitative estimate of drug-likeness (QED) is 0.713. The van der Waals surface area contributed by atoms with E-state index in [0.717, 1.165) is 16.3 Å². The van der Waals surface area contributed by atoms with Gasteiger partial charge in [0.15, 0.2) is 6.61 Å². The van der Waals surface area contributed by atoms with Crippen LogP contribution in [-0.4, -0.2) is 19.6 Å². The Hall–Kier alpha value is -2.72. The van der Waals surface area contributed by atoms with Crippen molar-refractivity contribution in [2.24, 2.45) is 0 Å². The summed E-state index contributed by atoms with van der Waals surface area (Å²) in [6.45, 7) is 1.77. The van der Waals surface area contributed by atoms with Gasteiger partial charge in [0.25, 0.3) is 5.91 Å². The highest BCUT2D eigenvalue weighted by Crippen LogP contribution is 2.31. The third-order valence-electron chi connectivity index (χ3n) is 3.86. The molecule has 3 aromatic rings. The number of aryl methyl sites for hydroxylation is 1. The summed E-state index contributed by atoms with van der Waals surface area (Å²) in [5.41, 5.74) is 1.42. The van der Waals surface area contributed by atoms with Gasteiger partial charge in [0.1, 0.15) is 11.5 Å². The van der Waals surface area contributed by atoms with E-state index in [1.54, 1.807) is 12.1 Å². The van der Waals surface area contributed by atoms with E-state index >= 15 is 0 Å². The number of fused-ring (bicyclic) bond motifs is 1. The maximum absolute atomic E-state index is 12.3. The molecule has 0 aliphatic heterocycles. The first-order valence-electron chi connectivity index (χ1n) is 7.83. The van der Waals surface area contributed by atoms with E-state index in [1.165, 1.54) is 7.11 Å². The molecule has 0 radical (unpaired) electrons. The monoisotopic (exact) mass is 355 g/mol. The van der Waals surface area contributed by atoms with Crippen LogP contribution in [0.15, 0.2) is 54.6 Å². The van der Waals surface area contributed by atoms with Crippen molar-refractivity contribution >= 4 is 34.0 Å². The summed E-state index contributed by atoms with van der Waals surface area (Å²) in [4.78, 5) is 12.3. The fraction of sp³-hybridized carbons (Fsp3) is 0.150. The number of halogens is 1. The van der Waals surface area contributed by atoms with Crippen molar-refractivity contribution in [1.82, 2.24) is 0 Å². The number of hydrogen-bond donors (Lipinski definition) is 1. The molecule has 0 aliphatic carbocycles. The number of methoxy groups -OCH3 is 1. The van der Waals surface area contributed by atoms with Crippen molar-refractivity contribution in [3.8, 4) is 11.5 Å². The van der Waals surface area contributed by atoms with Crippen molar-refractivity contribution in [3.05, 3.63) is 65.2 Å². The smallest absolute Gasteiger partial charge is 0.262 e. The minimum absolute atomic E-state index is 0.0984. The standard InChI is InChI=1S/C20H18ClNO3/c1-13-10-17(19(24-2)11-16(13)21)22-20(23)12-25-18-9-5-7-14-6-3-4-8-15(14)18/h3-11H,12H2,1-2H3,(H,22,23). The molecule has 0 unspecified atom stereocenters. The van der Waals surface area contributed by atoms with Crippen LogP contribution < -0.4 is 14.8 Å². The molecule has 0 aromatic heterocycles. The molecule has 3 rings (SSSR count). The van der Waals surface area contributed by atoms with Crippen molar-refractivity contribution in [2.45, 2.75) is 6.92 Å². The van der Waals surface area contributed by atoms with E-state index in [1.807, 2.05) is 49.4 Å². The topological polar surface area (TPSA) is 47.6 Å². The Kier molecular flexibility index (Phi) is 5.10. The predicted molar refractivity (Wildman–Crippen MR) is 101 cm³/mol. The average Bonchev–Trinajstić information content (AvgIpc) is 2.62. The molecule has 5 heteroatoms. The van der Waals surface area contributed by atoms with Gasteiger partial charge in [0.2, 0.25) is 0 Å². The Bertz CT molecular complexity index is 919. The van der Waals surface area contributed by atoms with Crippen molar-refractivity contribution < 1.29 is 14.3 Å². The maximum Gasteiger partial charge on any atom is 0.262 e. The highest BCUT2D eigenvalue weighted by atomic mass is 35.5. The van der Waals surface area contributed by atoms with Gasteiger partial charge in [-0.25, -0.2) is 0 Å². The molecule has 0 atom stereocenters. The van der Waals surface area contributed by atoms with Crippen LogP contribution in [0.1, 0.15) is 5.56 Å². The number of anilines is 1. The minimum Gasteiger partial charge on any atom is -0.495 e. The lowest BCUT2D eigenvalue weighted by molar-refractivity contribution is -0.118. The van der Waals surface area contributed by atoms with E-state index < -0.39 is 0 Å². The Morgan fingerprint density at radius 1 is 1.08 bits per heavy atom. The van der Waals surface area contributed by atoms with Crippen molar-refractivity contribution in [3.63, 3.8) is 0 Å². The molecule has 25 heavy (non-hydrogen) atoms. The molecule has 0 fully saturated rings. The number of amides is 1. The summed E-state index contributed by atoms with van der Waals surface area (Å²) in [5, 5.41) is 5.42. The van der Waals surface area contributed by atoms with Crippen molar-refractivity contribution in [2.75, 3.05) is 19.0 Å². The van der Waals surface area contributed by atoms with Gasteiger partial charge in [0.05, 0.1) is 12.8 Å². The van der Waals surface area contributed by atoms with Gasteiger partial charge in [-0.1, -0.05) is 48.0 Å². The molecular weight excluding hydrogens is 338 g/mol. The molecule has 0 saturated carbocycles.